The summed E-state index contributed by atoms with van der Waals surface area (Å²) in [6, 6.07) is 6.52. The maximum Gasteiger partial charge on any atom is 0.125 e. The lowest BCUT2D eigenvalue weighted by atomic mass is 10.2. The van der Waals surface area contributed by atoms with Crippen LogP contribution in [0.2, 0.25) is 0 Å². The normalized spacial score (nSPS) is 12.5. The molecular weight excluding hydrogens is 219 g/mol. The van der Waals surface area contributed by atoms with E-state index < -0.39 is 0 Å². The number of benzene rings is 1. The Morgan fingerprint density at radius 1 is 1.41 bits per heavy atom. The average Bonchev–Trinajstić information content (AvgIpc) is 2.29. The van der Waals surface area contributed by atoms with E-state index in [-0.39, 0.29) is 11.9 Å². The van der Waals surface area contributed by atoms with E-state index in [0.29, 0.717) is 19.5 Å². The van der Waals surface area contributed by atoms with Crippen LogP contribution in [0.15, 0.2) is 24.3 Å². The van der Waals surface area contributed by atoms with Gasteiger partial charge in [-0.15, -0.1) is 0 Å². The van der Waals surface area contributed by atoms with Crippen LogP contribution < -0.4 is 10.6 Å². The van der Waals surface area contributed by atoms with Crippen LogP contribution in [0.4, 0.5) is 10.1 Å². The molecule has 3 N–H and O–H groups in total. The Kier molecular flexibility index (Phi) is 5.94. The van der Waals surface area contributed by atoms with Crippen molar-refractivity contribution >= 4 is 5.69 Å². The second-order valence-corrected chi connectivity index (χ2v) is 4.25. The molecule has 0 radical (unpaired) electrons. The van der Waals surface area contributed by atoms with Crippen molar-refractivity contribution in [2.24, 2.45) is 5.73 Å². The molecule has 0 aromatic heterocycles. The van der Waals surface area contributed by atoms with Crippen LogP contribution in [0.3, 0.4) is 0 Å². The molecule has 1 unspecified atom stereocenters. The Labute approximate surface area is 102 Å². The maximum atomic E-state index is 13.1. The van der Waals surface area contributed by atoms with Gasteiger partial charge in [-0.3, -0.25) is 0 Å². The number of aliphatic hydroxyl groups excluding tert-OH is 1. The van der Waals surface area contributed by atoms with Gasteiger partial charge in [0.25, 0.3) is 0 Å². The second kappa shape index (κ2) is 7.25. The first-order valence-corrected chi connectivity index (χ1v) is 6.02. The predicted octanol–water partition coefficient (Wildman–Crippen LogP) is 1.75. The lowest BCUT2D eigenvalue weighted by Crippen LogP contribution is -2.29. The largest absolute Gasteiger partial charge is 0.393 e. The second-order valence-electron chi connectivity index (χ2n) is 4.25. The van der Waals surface area contributed by atoms with Gasteiger partial charge < -0.3 is 15.7 Å². The molecule has 1 atom stereocenters. The first-order valence-electron chi connectivity index (χ1n) is 6.02. The van der Waals surface area contributed by atoms with Crippen molar-refractivity contribution < 1.29 is 9.50 Å². The van der Waals surface area contributed by atoms with Gasteiger partial charge in [0.05, 0.1) is 6.10 Å². The number of aliphatic hydroxyl groups is 1. The molecule has 4 heteroatoms. The summed E-state index contributed by atoms with van der Waals surface area (Å²) < 4.78 is 13.1. The van der Waals surface area contributed by atoms with Crippen LogP contribution in [0, 0.1) is 5.82 Å². The van der Waals surface area contributed by atoms with E-state index in [1.807, 2.05) is 6.07 Å². The number of anilines is 1. The van der Waals surface area contributed by atoms with Crippen molar-refractivity contribution in [3.8, 4) is 0 Å². The summed E-state index contributed by atoms with van der Waals surface area (Å²) in [7, 11) is 0. The molecule has 17 heavy (non-hydrogen) atoms. The van der Waals surface area contributed by atoms with E-state index in [9.17, 15) is 9.50 Å². The Morgan fingerprint density at radius 3 is 2.76 bits per heavy atom. The molecule has 1 aromatic carbocycles. The third kappa shape index (κ3) is 5.15. The molecular formula is C13H21FN2O. The van der Waals surface area contributed by atoms with Crippen molar-refractivity contribution in [3.63, 3.8) is 0 Å². The molecule has 0 saturated heterocycles. The van der Waals surface area contributed by atoms with Crippen molar-refractivity contribution in [1.29, 1.82) is 0 Å². The molecule has 0 bridgehead atoms. The monoisotopic (exact) mass is 240 g/mol. The summed E-state index contributed by atoms with van der Waals surface area (Å²) in [5.41, 5.74) is 6.34. The van der Waals surface area contributed by atoms with E-state index in [0.717, 1.165) is 18.7 Å². The Hall–Kier alpha value is -1.13. The minimum Gasteiger partial charge on any atom is -0.393 e. The van der Waals surface area contributed by atoms with E-state index in [1.165, 1.54) is 12.1 Å². The molecule has 0 aliphatic carbocycles. The fourth-order valence-corrected chi connectivity index (χ4v) is 1.67. The molecule has 1 aromatic rings. The van der Waals surface area contributed by atoms with Crippen LogP contribution in [0.1, 0.15) is 19.8 Å². The third-order valence-electron chi connectivity index (χ3n) is 2.62. The fraction of sp³-hybridized carbons (Fsp3) is 0.538. The van der Waals surface area contributed by atoms with Gasteiger partial charge >= 0.3 is 0 Å². The lowest BCUT2D eigenvalue weighted by Gasteiger charge is -2.25. The summed E-state index contributed by atoms with van der Waals surface area (Å²) in [4.78, 5) is 2.06. The molecule has 96 valence electrons. The van der Waals surface area contributed by atoms with Gasteiger partial charge in [-0.25, -0.2) is 4.39 Å². The van der Waals surface area contributed by atoms with Crippen molar-refractivity contribution in [2.75, 3.05) is 24.5 Å². The summed E-state index contributed by atoms with van der Waals surface area (Å²) in [5, 5.41) is 9.30. The average molecular weight is 240 g/mol. The number of nitrogens with zero attached hydrogens (tertiary/aromatic N) is 1. The summed E-state index contributed by atoms with van der Waals surface area (Å²) in [6.45, 7) is 3.86. The van der Waals surface area contributed by atoms with Gasteiger partial charge in [-0.1, -0.05) is 6.07 Å². The van der Waals surface area contributed by atoms with Crippen LogP contribution in [0.25, 0.3) is 0 Å². The summed E-state index contributed by atoms with van der Waals surface area (Å²) >= 11 is 0. The quantitative estimate of drug-likeness (QED) is 0.763. The third-order valence-corrected chi connectivity index (χ3v) is 2.62. The van der Waals surface area contributed by atoms with Crippen molar-refractivity contribution in [2.45, 2.75) is 25.9 Å². The highest BCUT2D eigenvalue weighted by atomic mass is 19.1. The van der Waals surface area contributed by atoms with Gasteiger partial charge in [-0.2, -0.15) is 0 Å². The van der Waals surface area contributed by atoms with E-state index in [2.05, 4.69) is 4.90 Å². The van der Waals surface area contributed by atoms with Gasteiger partial charge in [-0.05, 0) is 44.5 Å². The predicted molar refractivity (Wildman–Crippen MR) is 68.6 cm³/mol. The van der Waals surface area contributed by atoms with Gasteiger partial charge in [0.15, 0.2) is 0 Å². The number of rotatable bonds is 7. The molecule has 0 aliphatic rings. The fourth-order valence-electron chi connectivity index (χ4n) is 1.67. The van der Waals surface area contributed by atoms with E-state index in [4.69, 9.17) is 5.73 Å². The van der Waals surface area contributed by atoms with Gasteiger partial charge in [0, 0.05) is 18.8 Å². The van der Waals surface area contributed by atoms with Crippen LogP contribution in [-0.2, 0) is 0 Å². The first-order chi connectivity index (χ1) is 8.13. The maximum absolute atomic E-state index is 13.1. The van der Waals surface area contributed by atoms with Gasteiger partial charge in [0.1, 0.15) is 5.82 Å². The first kappa shape index (κ1) is 13.9. The van der Waals surface area contributed by atoms with Gasteiger partial charge in [0.2, 0.25) is 0 Å². The Bertz CT molecular complexity index is 331. The highest BCUT2D eigenvalue weighted by Gasteiger charge is 2.08. The number of hydrogen-bond acceptors (Lipinski definition) is 3. The Balaban J connectivity index is 2.67. The van der Waals surface area contributed by atoms with E-state index in [1.54, 1.807) is 13.0 Å². The zero-order valence-corrected chi connectivity index (χ0v) is 10.3. The number of halogens is 1. The van der Waals surface area contributed by atoms with Crippen LogP contribution in [-0.4, -0.2) is 30.8 Å². The minimum absolute atomic E-state index is 0.239. The number of nitrogens with two attached hydrogens (primary N) is 1. The smallest absolute Gasteiger partial charge is 0.125 e. The standard InChI is InChI=1S/C13H21FN2O/c1-11(17)6-9-16(8-3-7-15)13-5-2-4-12(14)10-13/h2,4-5,10-11,17H,3,6-9,15H2,1H3. The molecule has 3 nitrogen and oxygen atoms in total. The molecule has 0 amide bonds. The lowest BCUT2D eigenvalue weighted by molar-refractivity contribution is 0.186. The zero-order chi connectivity index (χ0) is 12.7. The van der Waals surface area contributed by atoms with Crippen LogP contribution >= 0.6 is 0 Å². The summed E-state index contributed by atoms with van der Waals surface area (Å²) in [5.74, 6) is -0.239. The molecule has 0 saturated carbocycles. The van der Waals surface area contributed by atoms with Crippen LogP contribution in [0.5, 0.6) is 0 Å². The zero-order valence-electron chi connectivity index (χ0n) is 10.3. The minimum atomic E-state index is -0.344. The molecule has 0 fully saturated rings. The topological polar surface area (TPSA) is 49.5 Å². The van der Waals surface area contributed by atoms with Crippen molar-refractivity contribution in [1.82, 2.24) is 0 Å². The number of hydrogen-bond donors (Lipinski definition) is 2. The Morgan fingerprint density at radius 2 is 2.18 bits per heavy atom. The summed E-state index contributed by atoms with van der Waals surface area (Å²) in [6.07, 6.45) is 1.18. The van der Waals surface area contributed by atoms with Crippen molar-refractivity contribution in [3.05, 3.63) is 30.1 Å². The highest BCUT2D eigenvalue weighted by Crippen LogP contribution is 2.16. The molecule has 0 heterocycles. The SMILES string of the molecule is CC(O)CCN(CCCN)c1cccc(F)c1. The molecule has 0 spiro atoms. The molecule has 1 rings (SSSR count). The molecule has 0 aliphatic heterocycles. The van der Waals surface area contributed by atoms with E-state index >= 15 is 0 Å². The highest BCUT2D eigenvalue weighted by molar-refractivity contribution is 5.46.